The van der Waals surface area contributed by atoms with E-state index in [0.717, 1.165) is 25.1 Å². The Hall–Kier alpha value is -0.890. The lowest BCUT2D eigenvalue weighted by Crippen LogP contribution is -2.40. The molecule has 1 saturated heterocycles. The molecule has 2 atom stereocenters. The molecule has 6 nitrogen and oxygen atoms in total. The van der Waals surface area contributed by atoms with Crippen LogP contribution in [-0.2, 0) is 21.3 Å². The first-order valence-electron chi connectivity index (χ1n) is 7.44. The smallest absolute Gasteiger partial charge is 0.244 e. The monoisotopic (exact) mass is 315 g/mol. The lowest BCUT2D eigenvalue weighted by molar-refractivity contribution is 0.102. The van der Waals surface area contributed by atoms with Gasteiger partial charge in [0, 0.05) is 32.1 Å². The quantitative estimate of drug-likeness (QED) is 0.744. The predicted molar refractivity (Wildman–Crippen MR) is 81.6 cm³/mol. The summed E-state index contributed by atoms with van der Waals surface area (Å²) in [4.78, 5) is 3.34. The van der Waals surface area contributed by atoms with Gasteiger partial charge in [-0.2, -0.15) is 4.31 Å². The number of hydrogen-bond acceptors (Lipinski definition) is 4. The molecule has 2 N–H and O–H groups in total. The van der Waals surface area contributed by atoms with Crippen molar-refractivity contribution in [2.45, 2.75) is 50.3 Å². The molecule has 0 aromatic carbocycles. The van der Waals surface area contributed by atoms with Crippen LogP contribution in [0.5, 0.6) is 0 Å². The lowest BCUT2D eigenvalue weighted by atomic mass is 10.2. The normalized spacial score (nSPS) is 23.0. The Morgan fingerprint density at radius 2 is 2.29 bits per heavy atom. The van der Waals surface area contributed by atoms with Crippen LogP contribution in [0.1, 0.15) is 32.4 Å². The molecule has 21 heavy (non-hydrogen) atoms. The van der Waals surface area contributed by atoms with E-state index in [2.05, 4.69) is 17.2 Å². The van der Waals surface area contributed by atoms with Crippen molar-refractivity contribution in [3.63, 3.8) is 0 Å². The molecule has 1 aliphatic heterocycles. The van der Waals surface area contributed by atoms with Crippen LogP contribution in [0.2, 0.25) is 0 Å². The molecule has 1 aromatic rings. The maximum absolute atomic E-state index is 12.6. The van der Waals surface area contributed by atoms with Gasteiger partial charge in [-0.3, -0.25) is 0 Å². The highest BCUT2D eigenvalue weighted by atomic mass is 32.2. The molecule has 1 aromatic heterocycles. The zero-order valence-corrected chi connectivity index (χ0v) is 13.7. The van der Waals surface area contributed by atoms with Crippen LogP contribution in [0.15, 0.2) is 17.2 Å². The second-order valence-corrected chi connectivity index (χ2v) is 7.49. The number of sulfonamides is 1. The summed E-state index contributed by atoms with van der Waals surface area (Å²) in [5.74, 6) is 0. The second-order valence-electron chi connectivity index (χ2n) is 5.49. The second kappa shape index (κ2) is 6.91. The minimum absolute atomic E-state index is 0.0607. The fourth-order valence-electron chi connectivity index (χ4n) is 2.61. The molecule has 2 rings (SSSR count). The Morgan fingerprint density at radius 3 is 2.90 bits per heavy atom. The van der Waals surface area contributed by atoms with Gasteiger partial charge in [0.25, 0.3) is 0 Å². The summed E-state index contributed by atoms with van der Waals surface area (Å²) < 4.78 is 32.2. The van der Waals surface area contributed by atoms with Crippen molar-refractivity contribution in [2.24, 2.45) is 0 Å². The van der Waals surface area contributed by atoms with E-state index in [1.165, 1.54) is 4.31 Å². The van der Waals surface area contributed by atoms with E-state index in [-0.39, 0.29) is 12.1 Å². The summed E-state index contributed by atoms with van der Waals surface area (Å²) in [5, 5.41) is 3.25. The Balaban J connectivity index is 2.08. The maximum atomic E-state index is 12.6. The molecular weight excluding hydrogens is 290 g/mol. The van der Waals surface area contributed by atoms with E-state index in [1.807, 2.05) is 6.92 Å². The summed E-state index contributed by atoms with van der Waals surface area (Å²) in [5.41, 5.74) is 0.881. The number of aromatic amines is 1. The molecule has 2 unspecified atom stereocenters. The van der Waals surface area contributed by atoms with Crippen LogP contribution < -0.4 is 5.32 Å². The van der Waals surface area contributed by atoms with Gasteiger partial charge in [0.15, 0.2) is 0 Å². The van der Waals surface area contributed by atoms with E-state index in [4.69, 9.17) is 4.74 Å². The summed E-state index contributed by atoms with van der Waals surface area (Å²) in [6.07, 6.45) is 3.30. The summed E-state index contributed by atoms with van der Waals surface area (Å²) in [6, 6.07) is 1.61. The van der Waals surface area contributed by atoms with Gasteiger partial charge >= 0.3 is 0 Å². The van der Waals surface area contributed by atoms with Gasteiger partial charge < -0.3 is 15.0 Å². The molecule has 0 saturated carbocycles. The number of rotatable bonds is 7. The highest BCUT2D eigenvalue weighted by Gasteiger charge is 2.35. The first-order chi connectivity index (χ1) is 9.96. The third-order valence-electron chi connectivity index (χ3n) is 3.94. The number of nitrogens with one attached hydrogen (secondary N) is 2. The van der Waals surface area contributed by atoms with Gasteiger partial charge in [-0.1, -0.05) is 6.92 Å². The molecule has 2 heterocycles. The van der Waals surface area contributed by atoms with E-state index < -0.39 is 10.0 Å². The molecule has 0 bridgehead atoms. The molecule has 0 radical (unpaired) electrons. The van der Waals surface area contributed by atoms with E-state index in [0.29, 0.717) is 18.0 Å². The van der Waals surface area contributed by atoms with Gasteiger partial charge in [0.1, 0.15) is 0 Å². The SMILES string of the molecule is CCCNCc1cc(S(=O)(=O)N(C)C2CCOC2C)c[nH]1. The van der Waals surface area contributed by atoms with Crippen molar-refractivity contribution in [3.05, 3.63) is 18.0 Å². The molecule has 7 heteroatoms. The highest BCUT2D eigenvalue weighted by molar-refractivity contribution is 7.89. The Morgan fingerprint density at radius 1 is 1.52 bits per heavy atom. The minimum atomic E-state index is -3.47. The fourth-order valence-corrected chi connectivity index (χ4v) is 4.08. The van der Waals surface area contributed by atoms with Gasteiger partial charge in [-0.25, -0.2) is 8.42 Å². The van der Waals surface area contributed by atoms with Crippen molar-refractivity contribution in [2.75, 3.05) is 20.2 Å². The standard InChI is InChI=1S/C14H25N3O3S/c1-4-6-15-9-12-8-13(10-16-12)21(18,19)17(3)14-5-7-20-11(14)2/h8,10-11,14-16H,4-7,9H2,1-3H3. The minimum Gasteiger partial charge on any atom is -0.377 e. The highest BCUT2D eigenvalue weighted by Crippen LogP contribution is 2.25. The third-order valence-corrected chi connectivity index (χ3v) is 5.80. The van der Waals surface area contributed by atoms with Crippen molar-refractivity contribution in [3.8, 4) is 0 Å². The summed E-state index contributed by atoms with van der Waals surface area (Å²) >= 11 is 0. The molecule has 1 fully saturated rings. The van der Waals surface area contributed by atoms with Crippen LogP contribution in [0.3, 0.4) is 0 Å². The number of likely N-dealkylation sites (N-methyl/N-ethyl adjacent to an activating group) is 1. The zero-order valence-electron chi connectivity index (χ0n) is 12.9. The van der Waals surface area contributed by atoms with Crippen LogP contribution in [0.4, 0.5) is 0 Å². The third kappa shape index (κ3) is 3.66. The first-order valence-corrected chi connectivity index (χ1v) is 8.88. The van der Waals surface area contributed by atoms with Crippen LogP contribution in [0, 0.1) is 0 Å². The molecule has 1 aliphatic rings. The fraction of sp³-hybridized carbons (Fsp3) is 0.714. The number of ether oxygens (including phenoxy) is 1. The van der Waals surface area contributed by atoms with Gasteiger partial charge in [0.05, 0.1) is 17.0 Å². The average Bonchev–Trinajstić information content (AvgIpc) is 3.07. The summed E-state index contributed by atoms with van der Waals surface area (Å²) in [7, 11) is -1.84. The molecular formula is C14H25N3O3S. The number of nitrogens with zero attached hydrogens (tertiary/aromatic N) is 1. The Labute approximate surface area is 126 Å². The Kier molecular flexibility index (Phi) is 5.43. The van der Waals surface area contributed by atoms with Gasteiger partial charge in [0.2, 0.25) is 10.0 Å². The van der Waals surface area contributed by atoms with Crippen LogP contribution in [-0.4, -0.2) is 50.1 Å². The van der Waals surface area contributed by atoms with E-state index in [1.54, 1.807) is 19.3 Å². The largest absolute Gasteiger partial charge is 0.377 e. The molecule has 120 valence electrons. The van der Waals surface area contributed by atoms with Crippen molar-refractivity contribution < 1.29 is 13.2 Å². The van der Waals surface area contributed by atoms with Crippen molar-refractivity contribution >= 4 is 10.0 Å². The van der Waals surface area contributed by atoms with Crippen LogP contribution >= 0.6 is 0 Å². The average molecular weight is 315 g/mol. The topological polar surface area (TPSA) is 74.4 Å². The van der Waals surface area contributed by atoms with E-state index >= 15 is 0 Å². The number of aromatic nitrogens is 1. The summed E-state index contributed by atoms with van der Waals surface area (Å²) in [6.45, 7) is 6.19. The van der Waals surface area contributed by atoms with Crippen molar-refractivity contribution in [1.82, 2.24) is 14.6 Å². The van der Waals surface area contributed by atoms with Gasteiger partial charge in [-0.05, 0) is 32.4 Å². The van der Waals surface area contributed by atoms with Crippen LogP contribution in [0.25, 0.3) is 0 Å². The molecule has 0 spiro atoms. The molecule has 0 amide bonds. The number of hydrogen-bond donors (Lipinski definition) is 2. The predicted octanol–water partition coefficient (Wildman–Crippen LogP) is 1.31. The lowest BCUT2D eigenvalue weighted by Gasteiger charge is -2.25. The first kappa shape index (κ1) is 16.5. The molecule has 0 aliphatic carbocycles. The van der Waals surface area contributed by atoms with Gasteiger partial charge in [-0.15, -0.1) is 0 Å². The van der Waals surface area contributed by atoms with E-state index in [9.17, 15) is 8.42 Å². The number of H-pyrrole nitrogens is 1. The zero-order chi connectivity index (χ0) is 15.5. The van der Waals surface area contributed by atoms with Crippen molar-refractivity contribution in [1.29, 1.82) is 0 Å². The maximum Gasteiger partial charge on any atom is 0.244 e. The Bertz CT molecular complexity index is 556.